The maximum Gasteiger partial charge on any atom is 0.373 e. The molecule has 1 saturated heterocycles. The van der Waals surface area contributed by atoms with Crippen molar-refractivity contribution in [2.75, 3.05) is 33.8 Å². The molecule has 2 unspecified atom stereocenters. The van der Waals surface area contributed by atoms with Crippen molar-refractivity contribution in [3.05, 3.63) is 23.7 Å². The van der Waals surface area contributed by atoms with Crippen molar-refractivity contribution in [1.29, 1.82) is 0 Å². The summed E-state index contributed by atoms with van der Waals surface area (Å²) in [7, 11) is 3.52. The Morgan fingerprint density at radius 1 is 1.60 bits per heavy atom. The number of rotatable bonds is 5. The molecule has 0 saturated carbocycles. The molecule has 112 valence electrons. The second-order valence-corrected chi connectivity index (χ2v) is 5.59. The number of methoxy groups -OCH3 is 1. The molecule has 1 fully saturated rings. The first-order valence-electron chi connectivity index (χ1n) is 7.20. The Hall–Kier alpha value is -1.33. The highest BCUT2D eigenvalue weighted by Crippen LogP contribution is 2.19. The molecule has 0 spiro atoms. The van der Waals surface area contributed by atoms with Gasteiger partial charge in [0.15, 0.2) is 0 Å². The summed E-state index contributed by atoms with van der Waals surface area (Å²) in [5.41, 5.74) is 0. The van der Waals surface area contributed by atoms with E-state index in [0.29, 0.717) is 5.92 Å². The molecule has 1 aromatic rings. The number of nitrogens with zero attached hydrogens (tertiary/aromatic N) is 1. The molecule has 0 radical (unpaired) electrons. The van der Waals surface area contributed by atoms with Crippen LogP contribution in [0.2, 0.25) is 0 Å². The fourth-order valence-electron chi connectivity index (χ4n) is 2.68. The lowest BCUT2D eigenvalue weighted by atomic mass is 9.98. The first kappa shape index (κ1) is 15.1. The molecule has 0 amide bonds. The molecule has 0 aliphatic carbocycles. The van der Waals surface area contributed by atoms with E-state index < -0.39 is 5.97 Å². The van der Waals surface area contributed by atoms with Gasteiger partial charge in [0, 0.05) is 6.54 Å². The number of piperidine rings is 1. The Morgan fingerprint density at radius 2 is 2.40 bits per heavy atom. The number of esters is 1. The van der Waals surface area contributed by atoms with Gasteiger partial charge in [-0.05, 0) is 58.0 Å². The predicted octanol–water partition coefficient (Wildman–Crippen LogP) is 2.06. The summed E-state index contributed by atoms with van der Waals surface area (Å²) in [6, 6.07) is 3.59. The summed E-state index contributed by atoms with van der Waals surface area (Å²) in [5.74, 6) is 1.28. The number of nitrogens with one attached hydrogen (secondary N) is 1. The van der Waals surface area contributed by atoms with Crippen molar-refractivity contribution in [3.8, 4) is 0 Å². The standard InChI is InChI=1S/C15H24N2O3/c1-11(13-6-7-14(20-13)15(18)19-3)16-9-12-5-4-8-17(2)10-12/h6-7,11-12,16H,4-5,8-10H2,1-3H3. The van der Waals surface area contributed by atoms with Gasteiger partial charge in [-0.15, -0.1) is 0 Å². The van der Waals surface area contributed by atoms with Gasteiger partial charge in [-0.3, -0.25) is 0 Å². The minimum Gasteiger partial charge on any atom is -0.463 e. The van der Waals surface area contributed by atoms with E-state index in [1.807, 2.05) is 13.0 Å². The Labute approximate surface area is 120 Å². The van der Waals surface area contributed by atoms with E-state index >= 15 is 0 Å². The second kappa shape index (κ2) is 6.90. The summed E-state index contributed by atoms with van der Waals surface area (Å²) < 4.78 is 10.1. The monoisotopic (exact) mass is 280 g/mol. The predicted molar refractivity (Wildman–Crippen MR) is 76.7 cm³/mol. The third-order valence-electron chi connectivity index (χ3n) is 3.87. The van der Waals surface area contributed by atoms with Gasteiger partial charge in [0.2, 0.25) is 5.76 Å². The highest BCUT2D eigenvalue weighted by molar-refractivity contribution is 5.86. The Bertz CT molecular complexity index is 444. The molecular formula is C15H24N2O3. The quantitative estimate of drug-likeness (QED) is 0.837. The fourth-order valence-corrected chi connectivity index (χ4v) is 2.68. The maximum atomic E-state index is 11.3. The van der Waals surface area contributed by atoms with Crippen molar-refractivity contribution in [3.63, 3.8) is 0 Å². The molecular weight excluding hydrogens is 256 g/mol. The van der Waals surface area contributed by atoms with Gasteiger partial charge in [0.05, 0.1) is 13.2 Å². The number of ether oxygens (including phenoxy) is 1. The average Bonchev–Trinajstić information content (AvgIpc) is 2.94. The van der Waals surface area contributed by atoms with Gasteiger partial charge < -0.3 is 19.4 Å². The topological polar surface area (TPSA) is 54.7 Å². The highest BCUT2D eigenvalue weighted by Gasteiger charge is 2.19. The molecule has 5 heteroatoms. The van der Waals surface area contributed by atoms with E-state index in [0.717, 1.165) is 18.8 Å². The number of furan rings is 1. The lowest BCUT2D eigenvalue weighted by Crippen LogP contribution is -2.37. The number of likely N-dealkylation sites (tertiary alicyclic amines) is 1. The third kappa shape index (κ3) is 3.84. The molecule has 1 N–H and O–H groups in total. The second-order valence-electron chi connectivity index (χ2n) is 5.59. The van der Waals surface area contributed by atoms with E-state index in [4.69, 9.17) is 4.42 Å². The molecule has 5 nitrogen and oxygen atoms in total. The van der Waals surface area contributed by atoms with Gasteiger partial charge in [0.1, 0.15) is 5.76 Å². The summed E-state index contributed by atoms with van der Waals surface area (Å²) in [6.45, 7) is 5.37. The highest BCUT2D eigenvalue weighted by atomic mass is 16.5. The van der Waals surface area contributed by atoms with Gasteiger partial charge in [-0.2, -0.15) is 0 Å². The lowest BCUT2D eigenvalue weighted by Gasteiger charge is -2.30. The smallest absolute Gasteiger partial charge is 0.373 e. The van der Waals surface area contributed by atoms with E-state index in [9.17, 15) is 4.79 Å². The molecule has 2 rings (SSSR count). The molecule has 0 bridgehead atoms. The first-order valence-corrected chi connectivity index (χ1v) is 7.20. The van der Waals surface area contributed by atoms with Crippen LogP contribution in [-0.2, 0) is 4.74 Å². The van der Waals surface area contributed by atoms with Crippen molar-refractivity contribution in [2.45, 2.75) is 25.8 Å². The summed E-state index contributed by atoms with van der Waals surface area (Å²) >= 11 is 0. The SMILES string of the molecule is COC(=O)c1ccc(C(C)NCC2CCCN(C)C2)o1. The van der Waals surface area contributed by atoms with Crippen LogP contribution >= 0.6 is 0 Å². The van der Waals surface area contributed by atoms with Crippen LogP contribution in [0.4, 0.5) is 0 Å². The third-order valence-corrected chi connectivity index (χ3v) is 3.87. The zero-order valence-electron chi connectivity index (χ0n) is 12.5. The van der Waals surface area contributed by atoms with Crippen molar-refractivity contribution in [2.24, 2.45) is 5.92 Å². The number of carbonyl (C=O) groups is 1. The van der Waals surface area contributed by atoms with Gasteiger partial charge in [-0.25, -0.2) is 4.79 Å². The first-order chi connectivity index (χ1) is 9.60. The average molecular weight is 280 g/mol. The molecule has 2 atom stereocenters. The molecule has 0 aromatic carbocycles. The van der Waals surface area contributed by atoms with Crippen LogP contribution in [0, 0.1) is 5.92 Å². The molecule has 2 heterocycles. The molecule has 1 aliphatic rings. The fraction of sp³-hybridized carbons (Fsp3) is 0.667. The molecule has 1 aliphatic heterocycles. The Kier molecular flexibility index (Phi) is 5.20. The zero-order valence-corrected chi connectivity index (χ0v) is 12.5. The van der Waals surface area contributed by atoms with Crippen LogP contribution in [0.25, 0.3) is 0 Å². The minimum atomic E-state index is -0.433. The number of carbonyl (C=O) groups excluding carboxylic acids is 1. The van der Waals surface area contributed by atoms with E-state index in [1.54, 1.807) is 6.07 Å². The van der Waals surface area contributed by atoms with Crippen LogP contribution < -0.4 is 5.32 Å². The van der Waals surface area contributed by atoms with E-state index in [-0.39, 0.29) is 11.8 Å². The maximum absolute atomic E-state index is 11.3. The summed E-state index contributed by atoms with van der Waals surface area (Å²) in [4.78, 5) is 13.7. The molecule has 20 heavy (non-hydrogen) atoms. The minimum absolute atomic E-state index is 0.0978. The van der Waals surface area contributed by atoms with E-state index in [2.05, 4.69) is 22.0 Å². The van der Waals surface area contributed by atoms with Gasteiger partial charge in [-0.1, -0.05) is 0 Å². The van der Waals surface area contributed by atoms with Crippen LogP contribution in [0.5, 0.6) is 0 Å². The number of hydrogen-bond donors (Lipinski definition) is 1. The van der Waals surface area contributed by atoms with Gasteiger partial charge in [0.25, 0.3) is 0 Å². The van der Waals surface area contributed by atoms with Crippen LogP contribution in [0.3, 0.4) is 0 Å². The Morgan fingerprint density at radius 3 is 3.10 bits per heavy atom. The largest absolute Gasteiger partial charge is 0.463 e. The summed E-state index contributed by atoms with van der Waals surface area (Å²) in [6.07, 6.45) is 2.54. The summed E-state index contributed by atoms with van der Waals surface area (Å²) in [5, 5.41) is 3.49. The van der Waals surface area contributed by atoms with Gasteiger partial charge >= 0.3 is 5.97 Å². The van der Waals surface area contributed by atoms with Crippen LogP contribution in [0.15, 0.2) is 16.5 Å². The van der Waals surface area contributed by atoms with Crippen LogP contribution in [0.1, 0.15) is 42.1 Å². The van der Waals surface area contributed by atoms with E-state index in [1.165, 1.54) is 26.5 Å². The lowest BCUT2D eigenvalue weighted by molar-refractivity contribution is 0.0562. The normalized spacial score (nSPS) is 21.6. The molecule has 1 aromatic heterocycles. The number of hydrogen-bond acceptors (Lipinski definition) is 5. The Balaban J connectivity index is 1.83. The van der Waals surface area contributed by atoms with Crippen molar-refractivity contribution >= 4 is 5.97 Å². The van der Waals surface area contributed by atoms with Crippen LogP contribution in [-0.4, -0.2) is 44.7 Å². The van der Waals surface area contributed by atoms with Crippen molar-refractivity contribution < 1.29 is 13.9 Å². The zero-order chi connectivity index (χ0) is 14.5. The van der Waals surface area contributed by atoms with Crippen molar-refractivity contribution in [1.82, 2.24) is 10.2 Å².